The number of esters is 2. The Morgan fingerprint density at radius 3 is 1.97 bits per heavy atom. The summed E-state index contributed by atoms with van der Waals surface area (Å²) in [4.78, 5) is 23.8. The van der Waals surface area contributed by atoms with Crippen molar-refractivity contribution in [1.29, 1.82) is 0 Å². The second kappa shape index (κ2) is 26.7. The van der Waals surface area contributed by atoms with Gasteiger partial charge in [0.1, 0.15) is 6.61 Å². The molecule has 1 atom stereocenters. The van der Waals surface area contributed by atoms with E-state index in [9.17, 15) is 14.7 Å². The van der Waals surface area contributed by atoms with Crippen molar-refractivity contribution >= 4 is 11.9 Å². The number of carbonyl (C=O) groups is 2. The SMILES string of the molecule is CC/C=C/C=C/C=C/C=C/CCCCCC(=O)OCC(CO)OC(=O)C/C=C/C/C=C/C/C=C/CC. The van der Waals surface area contributed by atoms with Gasteiger partial charge in [0.2, 0.25) is 0 Å². The van der Waals surface area contributed by atoms with Crippen LogP contribution in [-0.2, 0) is 19.1 Å². The van der Waals surface area contributed by atoms with E-state index in [1.165, 1.54) is 0 Å². The molecule has 0 aliphatic heterocycles. The zero-order chi connectivity index (χ0) is 26.5. The summed E-state index contributed by atoms with van der Waals surface area (Å²) in [5, 5.41) is 9.40. The van der Waals surface area contributed by atoms with Gasteiger partial charge in [-0.2, -0.15) is 0 Å². The van der Waals surface area contributed by atoms with E-state index in [0.29, 0.717) is 6.42 Å². The van der Waals surface area contributed by atoms with Gasteiger partial charge in [-0.15, -0.1) is 0 Å². The molecule has 0 saturated heterocycles. The van der Waals surface area contributed by atoms with E-state index >= 15 is 0 Å². The van der Waals surface area contributed by atoms with Crippen LogP contribution in [0.5, 0.6) is 0 Å². The molecule has 1 N–H and O–H groups in total. The van der Waals surface area contributed by atoms with Gasteiger partial charge in [0.05, 0.1) is 13.0 Å². The zero-order valence-corrected chi connectivity index (χ0v) is 22.2. The topological polar surface area (TPSA) is 72.8 Å². The maximum atomic E-state index is 11.9. The first-order valence-electron chi connectivity index (χ1n) is 13.2. The third-order valence-corrected chi connectivity index (χ3v) is 4.81. The van der Waals surface area contributed by atoms with Crippen molar-refractivity contribution in [2.24, 2.45) is 0 Å². The fraction of sp³-hybridized carbons (Fsp3) is 0.484. The molecule has 0 aromatic heterocycles. The number of aliphatic hydroxyl groups is 1. The Hall–Kier alpha value is -2.92. The Balaban J connectivity index is 3.87. The van der Waals surface area contributed by atoms with Crippen molar-refractivity contribution in [2.75, 3.05) is 13.2 Å². The number of carbonyl (C=O) groups excluding carboxylic acids is 2. The molecule has 0 aromatic carbocycles. The molecule has 200 valence electrons. The van der Waals surface area contributed by atoms with E-state index in [4.69, 9.17) is 9.47 Å². The van der Waals surface area contributed by atoms with Crippen molar-refractivity contribution in [2.45, 2.75) is 84.2 Å². The van der Waals surface area contributed by atoms with E-state index < -0.39 is 12.1 Å². The Morgan fingerprint density at radius 1 is 0.694 bits per heavy atom. The molecule has 0 radical (unpaired) electrons. The monoisotopic (exact) mass is 498 g/mol. The molecule has 0 fully saturated rings. The summed E-state index contributed by atoms with van der Waals surface area (Å²) < 4.78 is 10.3. The second-order valence-electron chi connectivity index (χ2n) is 8.11. The van der Waals surface area contributed by atoms with E-state index in [1.54, 1.807) is 6.08 Å². The minimum Gasteiger partial charge on any atom is -0.462 e. The van der Waals surface area contributed by atoms with Crippen LogP contribution in [0.4, 0.5) is 0 Å². The Morgan fingerprint density at radius 2 is 1.31 bits per heavy atom. The predicted molar refractivity (Wildman–Crippen MR) is 149 cm³/mol. The number of hydrogen-bond donors (Lipinski definition) is 1. The molecular weight excluding hydrogens is 452 g/mol. The Kier molecular flexibility index (Phi) is 24.5. The van der Waals surface area contributed by atoms with Crippen LogP contribution in [0.3, 0.4) is 0 Å². The van der Waals surface area contributed by atoms with Crippen molar-refractivity contribution in [3.8, 4) is 0 Å². The molecule has 0 aromatic rings. The van der Waals surface area contributed by atoms with Crippen LogP contribution < -0.4 is 0 Å². The molecule has 0 spiro atoms. The Labute approximate surface area is 218 Å². The fourth-order valence-corrected chi connectivity index (χ4v) is 2.86. The molecular formula is C31H46O5. The summed E-state index contributed by atoms with van der Waals surface area (Å²) in [6.07, 6.45) is 35.2. The predicted octanol–water partition coefficient (Wildman–Crippen LogP) is 7.27. The Bertz CT molecular complexity index is 753. The first-order valence-corrected chi connectivity index (χ1v) is 13.2. The molecule has 0 aliphatic carbocycles. The fourth-order valence-electron chi connectivity index (χ4n) is 2.86. The van der Waals surface area contributed by atoms with Gasteiger partial charge < -0.3 is 14.6 Å². The molecule has 36 heavy (non-hydrogen) atoms. The van der Waals surface area contributed by atoms with E-state index in [2.05, 4.69) is 44.2 Å². The molecule has 0 amide bonds. The minimum absolute atomic E-state index is 0.116. The van der Waals surface area contributed by atoms with Gasteiger partial charge in [-0.1, -0.05) is 105 Å². The second-order valence-corrected chi connectivity index (χ2v) is 8.11. The van der Waals surface area contributed by atoms with Gasteiger partial charge >= 0.3 is 11.9 Å². The molecule has 5 heteroatoms. The lowest BCUT2D eigenvalue weighted by molar-refractivity contribution is -0.160. The summed E-state index contributed by atoms with van der Waals surface area (Å²) in [6, 6.07) is 0. The molecule has 0 bridgehead atoms. The van der Waals surface area contributed by atoms with Gasteiger partial charge in [0.15, 0.2) is 6.10 Å². The maximum Gasteiger partial charge on any atom is 0.310 e. The number of rotatable bonds is 21. The number of allylic oxidation sites excluding steroid dienone is 13. The number of hydrogen-bond acceptors (Lipinski definition) is 5. The largest absolute Gasteiger partial charge is 0.462 e. The molecule has 1 unspecified atom stereocenters. The van der Waals surface area contributed by atoms with Crippen LogP contribution in [-0.4, -0.2) is 36.4 Å². The van der Waals surface area contributed by atoms with Crippen molar-refractivity contribution < 1.29 is 24.2 Å². The maximum absolute atomic E-state index is 11.9. The summed E-state index contributed by atoms with van der Waals surface area (Å²) in [5.74, 6) is -0.796. The van der Waals surface area contributed by atoms with Gasteiger partial charge in [0, 0.05) is 6.42 Å². The number of aliphatic hydroxyl groups excluding tert-OH is 1. The standard InChI is InChI=1S/C31H46O5/c1-3-5-7-9-11-13-14-15-16-18-19-21-23-25-30(33)35-28-29(27-32)36-31(34)26-24-22-20-17-12-10-8-6-4-2/h5-9,11-17,22,24,29,32H,3-4,10,18-21,23,25-28H2,1-2H3/b7-5+,8-6+,11-9+,14-13+,16-15+,17-12+,24-22+. The summed E-state index contributed by atoms with van der Waals surface area (Å²) in [5.41, 5.74) is 0. The van der Waals surface area contributed by atoms with Crippen LogP contribution in [0.1, 0.15) is 78.1 Å². The summed E-state index contributed by atoms with van der Waals surface area (Å²) >= 11 is 0. The van der Waals surface area contributed by atoms with E-state index in [0.717, 1.165) is 51.4 Å². The average molecular weight is 499 g/mol. The van der Waals surface area contributed by atoms with E-state index in [1.807, 2.05) is 48.6 Å². The van der Waals surface area contributed by atoms with Crippen LogP contribution in [0.25, 0.3) is 0 Å². The normalized spacial score (nSPS) is 13.5. The first kappa shape index (κ1) is 33.1. The quantitative estimate of drug-likeness (QED) is 0.0780. The van der Waals surface area contributed by atoms with Crippen molar-refractivity contribution in [3.05, 3.63) is 85.1 Å². The van der Waals surface area contributed by atoms with Crippen molar-refractivity contribution in [1.82, 2.24) is 0 Å². The van der Waals surface area contributed by atoms with Crippen LogP contribution in [0, 0.1) is 0 Å². The molecule has 0 saturated carbocycles. The molecule has 0 rings (SSSR count). The number of unbranched alkanes of at least 4 members (excludes halogenated alkanes) is 3. The average Bonchev–Trinajstić information content (AvgIpc) is 2.88. The highest BCUT2D eigenvalue weighted by atomic mass is 16.6. The van der Waals surface area contributed by atoms with Gasteiger partial charge in [-0.25, -0.2) is 0 Å². The minimum atomic E-state index is -0.837. The van der Waals surface area contributed by atoms with Crippen LogP contribution in [0.2, 0.25) is 0 Å². The summed E-state index contributed by atoms with van der Waals surface area (Å²) in [7, 11) is 0. The van der Waals surface area contributed by atoms with Crippen molar-refractivity contribution in [3.63, 3.8) is 0 Å². The first-order chi connectivity index (χ1) is 17.6. The van der Waals surface area contributed by atoms with E-state index in [-0.39, 0.29) is 25.6 Å². The highest BCUT2D eigenvalue weighted by Crippen LogP contribution is 2.06. The van der Waals surface area contributed by atoms with Gasteiger partial charge in [0.25, 0.3) is 0 Å². The van der Waals surface area contributed by atoms with Crippen LogP contribution >= 0.6 is 0 Å². The van der Waals surface area contributed by atoms with Gasteiger partial charge in [-0.05, 0) is 44.9 Å². The zero-order valence-electron chi connectivity index (χ0n) is 22.2. The lowest BCUT2D eigenvalue weighted by Crippen LogP contribution is -2.28. The summed E-state index contributed by atoms with van der Waals surface area (Å²) in [6.45, 7) is 3.69. The smallest absolute Gasteiger partial charge is 0.310 e. The highest BCUT2D eigenvalue weighted by Gasteiger charge is 2.15. The third kappa shape index (κ3) is 24.2. The van der Waals surface area contributed by atoms with Crippen LogP contribution in [0.15, 0.2) is 85.1 Å². The molecule has 5 nitrogen and oxygen atoms in total. The third-order valence-electron chi connectivity index (χ3n) is 4.81. The molecule has 0 heterocycles. The lowest BCUT2D eigenvalue weighted by Gasteiger charge is -2.15. The molecule has 0 aliphatic rings. The van der Waals surface area contributed by atoms with Gasteiger partial charge in [-0.3, -0.25) is 9.59 Å². The highest BCUT2D eigenvalue weighted by molar-refractivity contribution is 5.71. The number of ether oxygens (including phenoxy) is 2. The lowest BCUT2D eigenvalue weighted by atomic mass is 10.1.